The fraction of sp³-hybridized carbons (Fsp3) is 0.286. The molecule has 1 atom stereocenters. The average Bonchev–Trinajstić information content (AvgIpc) is 2.88. The molecule has 0 unspecified atom stereocenters. The van der Waals surface area contributed by atoms with E-state index in [-0.39, 0.29) is 29.1 Å². The lowest BCUT2D eigenvalue weighted by molar-refractivity contribution is -0.139. The zero-order valence-electron chi connectivity index (χ0n) is 21.2. The SMILES string of the molecule is CC(C)NC(=O)[C@@H](C)N(CCc1ccccc1)C(=O)CN(c1ccccc1)S(=O)(=O)c1ccc(F)cc1. The van der Waals surface area contributed by atoms with Gasteiger partial charge in [0.05, 0.1) is 10.6 Å². The summed E-state index contributed by atoms with van der Waals surface area (Å²) in [5, 5.41) is 2.82. The summed E-state index contributed by atoms with van der Waals surface area (Å²) in [4.78, 5) is 27.8. The largest absolute Gasteiger partial charge is 0.352 e. The van der Waals surface area contributed by atoms with E-state index in [4.69, 9.17) is 0 Å². The molecule has 0 saturated heterocycles. The molecule has 3 aromatic carbocycles. The maximum atomic E-state index is 13.7. The van der Waals surface area contributed by atoms with E-state index >= 15 is 0 Å². The van der Waals surface area contributed by atoms with E-state index in [1.807, 2.05) is 44.2 Å². The molecule has 0 radical (unpaired) electrons. The molecule has 0 spiro atoms. The first-order chi connectivity index (χ1) is 17.6. The van der Waals surface area contributed by atoms with Gasteiger partial charge in [-0.1, -0.05) is 48.5 Å². The van der Waals surface area contributed by atoms with Gasteiger partial charge in [-0.05, 0) is 69.2 Å². The molecule has 9 heteroatoms. The summed E-state index contributed by atoms with van der Waals surface area (Å²) < 4.78 is 41.6. The van der Waals surface area contributed by atoms with Crippen molar-refractivity contribution in [2.24, 2.45) is 0 Å². The molecule has 0 aliphatic carbocycles. The smallest absolute Gasteiger partial charge is 0.264 e. The Labute approximate surface area is 218 Å². The summed E-state index contributed by atoms with van der Waals surface area (Å²) in [5.41, 5.74) is 1.26. The summed E-state index contributed by atoms with van der Waals surface area (Å²) >= 11 is 0. The van der Waals surface area contributed by atoms with Crippen LogP contribution in [-0.4, -0.2) is 50.3 Å². The number of sulfonamides is 1. The van der Waals surface area contributed by atoms with Crippen molar-refractivity contribution in [3.8, 4) is 0 Å². The number of anilines is 1. The summed E-state index contributed by atoms with van der Waals surface area (Å²) in [6.45, 7) is 4.97. The Morgan fingerprint density at radius 3 is 2.00 bits per heavy atom. The van der Waals surface area contributed by atoms with Crippen LogP contribution in [0.1, 0.15) is 26.3 Å². The van der Waals surface area contributed by atoms with Crippen LogP contribution in [0, 0.1) is 5.82 Å². The summed E-state index contributed by atoms with van der Waals surface area (Å²) in [6.07, 6.45) is 0.488. The van der Waals surface area contributed by atoms with Gasteiger partial charge in [0.1, 0.15) is 18.4 Å². The second-order valence-electron chi connectivity index (χ2n) is 8.96. The molecule has 1 N–H and O–H groups in total. The van der Waals surface area contributed by atoms with Crippen molar-refractivity contribution in [2.45, 2.75) is 44.2 Å². The highest BCUT2D eigenvalue weighted by Gasteiger charge is 2.32. The van der Waals surface area contributed by atoms with Crippen molar-refractivity contribution >= 4 is 27.5 Å². The van der Waals surface area contributed by atoms with Crippen molar-refractivity contribution < 1.29 is 22.4 Å². The third kappa shape index (κ3) is 7.39. The molecule has 2 amide bonds. The van der Waals surface area contributed by atoms with Gasteiger partial charge < -0.3 is 10.2 Å². The number of halogens is 1. The van der Waals surface area contributed by atoms with Gasteiger partial charge in [-0.3, -0.25) is 13.9 Å². The van der Waals surface area contributed by atoms with Gasteiger partial charge in [0.15, 0.2) is 0 Å². The predicted molar refractivity (Wildman–Crippen MR) is 142 cm³/mol. The molecule has 0 saturated carbocycles. The van der Waals surface area contributed by atoms with Crippen molar-refractivity contribution in [3.05, 3.63) is 96.3 Å². The molecular weight excluding hydrogens is 493 g/mol. The van der Waals surface area contributed by atoms with Gasteiger partial charge in [-0.15, -0.1) is 0 Å². The molecule has 7 nitrogen and oxygen atoms in total. The van der Waals surface area contributed by atoms with Crippen LogP contribution in [0.25, 0.3) is 0 Å². The summed E-state index contributed by atoms with van der Waals surface area (Å²) in [6, 6.07) is 21.2. The van der Waals surface area contributed by atoms with Gasteiger partial charge in [0, 0.05) is 12.6 Å². The van der Waals surface area contributed by atoms with Crippen LogP contribution >= 0.6 is 0 Å². The Kier molecular flexibility index (Phi) is 9.41. The predicted octanol–water partition coefficient (Wildman–Crippen LogP) is 4.01. The Morgan fingerprint density at radius 1 is 0.865 bits per heavy atom. The van der Waals surface area contributed by atoms with Crippen LogP contribution in [0.2, 0.25) is 0 Å². The lowest BCUT2D eigenvalue weighted by Gasteiger charge is -2.32. The van der Waals surface area contributed by atoms with Crippen LogP contribution < -0.4 is 9.62 Å². The number of hydrogen-bond donors (Lipinski definition) is 1. The number of carbonyl (C=O) groups excluding carboxylic acids is 2. The van der Waals surface area contributed by atoms with Gasteiger partial charge in [0.2, 0.25) is 11.8 Å². The monoisotopic (exact) mass is 525 g/mol. The van der Waals surface area contributed by atoms with Crippen molar-refractivity contribution in [2.75, 3.05) is 17.4 Å². The molecule has 0 bridgehead atoms. The first-order valence-corrected chi connectivity index (χ1v) is 13.5. The van der Waals surface area contributed by atoms with E-state index in [0.29, 0.717) is 6.42 Å². The van der Waals surface area contributed by atoms with Crippen molar-refractivity contribution in [3.63, 3.8) is 0 Å². The summed E-state index contributed by atoms with van der Waals surface area (Å²) in [5.74, 6) is -1.43. The van der Waals surface area contributed by atoms with Gasteiger partial charge in [-0.2, -0.15) is 0 Å². The highest BCUT2D eigenvalue weighted by atomic mass is 32.2. The Morgan fingerprint density at radius 2 is 1.43 bits per heavy atom. The molecule has 0 aromatic heterocycles. The standard InChI is InChI=1S/C28H32FN3O4S/c1-21(2)30-28(34)22(3)31(19-18-23-10-6-4-7-11-23)27(33)20-32(25-12-8-5-9-13-25)37(35,36)26-16-14-24(29)15-17-26/h4-17,21-22H,18-20H2,1-3H3,(H,30,34)/t22-/m1/s1. The topological polar surface area (TPSA) is 86.8 Å². The Balaban J connectivity index is 1.94. The molecule has 3 aromatic rings. The van der Waals surface area contributed by atoms with E-state index in [1.54, 1.807) is 37.3 Å². The zero-order valence-corrected chi connectivity index (χ0v) is 22.0. The molecule has 3 rings (SSSR count). The van der Waals surface area contributed by atoms with Crippen LogP contribution in [0.5, 0.6) is 0 Å². The van der Waals surface area contributed by atoms with Crippen LogP contribution in [0.4, 0.5) is 10.1 Å². The number of nitrogens with one attached hydrogen (secondary N) is 1. The number of benzene rings is 3. The first-order valence-electron chi connectivity index (χ1n) is 12.1. The lowest BCUT2D eigenvalue weighted by Crippen LogP contribution is -2.53. The number of hydrogen-bond acceptors (Lipinski definition) is 4. The molecule has 37 heavy (non-hydrogen) atoms. The van der Waals surface area contributed by atoms with E-state index in [0.717, 1.165) is 34.1 Å². The molecule has 0 heterocycles. The molecule has 196 valence electrons. The van der Waals surface area contributed by atoms with Crippen molar-refractivity contribution in [1.82, 2.24) is 10.2 Å². The zero-order chi connectivity index (χ0) is 27.0. The normalized spacial score (nSPS) is 12.1. The van der Waals surface area contributed by atoms with E-state index < -0.39 is 34.3 Å². The fourth-order valence-corrected chi connectivity index (χ4v) is 5.25. The van der Waals surface area contributed by atoms with Crippen LogP contribution in [0.3, 0.4) is 0 Å². The number of carbonyl (C=O) groups is 2. The van der Waals surface area contributed by atoms with Gasteiger partial charge in [-0.25, -0.2) is 12.8 Å². The maximum absolute atomic E-state index is 13.7. The number of para-hydroxylation sites is 1. The fourth-order valence-electron chi connectivity index (χ4n) is 3.83. The second kappa shape index (κ2) is 12.5. The molecule has 0 aliphatic rings. The molecule has 0 aliphatic heterocycles. The highest BCUT2D eigenvalue weighted by Crippen LogP contribution is 2.24. The first kappa shape index (κ1) is 27.9. The van der Waals surface area contributed by atoms with E-state index in [2.05, 4.69) is 5.32 Å². The third-order valence-electron chi connectivity index (χ3n) is 5.81. The minimum Gasteiger partial charge on any atom is -0.352 e. The Hall–Kier alpha value is -3.72. The molecule has 0 fully saturated rings. The average molecular weight is 526 g/mol. The third-order valence-corrected chi connectivity index (χ3v) is 7.60. The van der Waals surface area contributed by atoms with Crippen LogP contribution in [0.15, 0.2) is 89.8 Å². The highest BCUT2D eigenvalue weighted by molar-refractivity contribution is 7.92. The quantitative estimate of drug-likeness (QED) is 0.410. The minimum absolute atomic E-state index is 0.124. The van der Waals surface area contributed by atoms with Crippen LogP contribution in [-0.2, 0) is 26.0 Å². The number of rotatable bonds is 11. The molecular formula is C28H32FN3O4S. The van der Waals surface area contributed by atoms with E-state index in [9.17, 15) is 22.4 Å². The number of nitrogens with zero attached hydrogens (tertiary/aromatic N) is 2. The Bertz CT molecular complexity index is 1280. The van der Waals surface area contributed by atoms with Crippen molar-refractivity contribution in [1.29, 1.82) is 0 Å². The second-order valence-corrected chi connectivity index (χ2v) is 10.8. The van der Waals surface area contributed by atoms with Gasteiger partial charge >= 0.3 is 0 Å². The maximum Gasteiger partial charge on any atom is 0.264 e. The number of amides is 2. The van der Waals surface area contributed by atoms with E-state index in [1.165, 1.54) is 4.90 Å². The summed E-state index contributed by atoms with van der Waals surface area (Å²) in [7, 11) is -4.21. The minimum atomic E-state index is -4.21. The van der Waals surface area contributed by atoms with Gasteiger partial charge in [0.25, 0.3) is 10.0 Å². The lowest BCUT2D eigenvalue weighted by atomic mass is 10.1.